The van der Waals surface area contributed by atoms with Gasteiger partial charge in [0.15, 0.2) is 11.5 Å². The summed E-state index contributed by atoms with van der Waals surface area (Å²) in [7, 11) is 0. The average Bonchev–Trinajstić information content (AvgIpc) is 2.67. The van der Waals surface area contributed by atoms with Gasteiger partial charge in [-0.2, -0.15) is 8.78 Å². The molecule has 9 nitrogen and oxygen atoms in total. The van der Waals surface area contributed by atoms with E-state index in [-0.39, 0.29) is 34.9 Å². The lowest BCUT2D eigenvalue weighted by atomic mass is 10.2. The van der Waals surface area contributed by atoms with Gasteiger partial charge < -0.3 is 9.47 Å². The molecule has 0 fully saturated rings. The van der Waals surface area contributed by atoms with Crippen molar-refractivity contribution in [2.75, 3.05) is 6.61 Å². The number of non-ortho nitro benzene ring substituents is 1. The molecule has 0 unspecified atom stereocenters. The smallest absolute Gasteiger partial charge is 0.387 e. The molecule has 0 aliphatic rings. The number of amides is 2. The first-order valence-electron chi connectivity index (χ1n) is 7.88. The predicted octanol–water partition coefficient (Wildman–Crippen LogP) is 2.67. The Labute approximate surface area is 157 Å². The van der Waals surface area contributed by atoms with Crippen molar-refractivity contribution in [1.82, 2.24) is 10.9 Å². The number of carbonyl (C=O) groups excluding carboxylic acids is 2. The van der Waals surface area contributed by atoms with Crippen LogP contribution in [0.4, 0.5) is 14.5 Å². The zero-order valence-corrected chi connectivity index (χ0v) is 14.5. The number of nitrogens with one attached hydrogen (secondary N) is 2. The summed E-state index contributed by atoms with van der Waals surface area (Å²) in [6, 6.07) is 8.29. The lowest BCUT2D eigenvalue weighted by Crippen LogP contribution is -2.41. The van der Waals surface area contributed by atoms with E-state index in [4.69, 9.17) is 4.74 Å². The lowest BCUT2D eigenvalue weighted by Gasteiger charge is -2.13. The van der Waals surface area contributed by atoms with Crippen LogP contribution < -0.4 is 20.3 Å². The van der Waals surface area contributed by atoms with Crippen LogP contribution in [-0.2, 0) is 0 Å². The molecule has 0 atom stereocenters. The van der Waals surface area contributed by atoms with Crippen LogP contribution >= 0.6 is 0 Å². The zero-order valence-electron chi connectivity index (χ0n) is 14.5. The van der Waals surface area contributed by atoms with Crippen LogP contribution in [0.15, 0.2) is 42.5 Å². The number of halogens is 2. The summed E-state index contributed by atoms with van der Waals surface area (Å²) in [6.07, 6.45) is 0. The minimum absolute atomic E-state index is 0.0223. The van der Waals surface area contributed by atoms with Crippen molar-refractivity contribution in [2.24, 2.45) is 0 Å². The minimum Gasteiger partial charge on any atom is -0.490 e. The Morgan fingerprint density at radius 3 is 2.14 bits per heavy atom. The van der Waals surface area contributed by atoms with Gasteiger partial charge in [0, 0.05) is 23.3 Å². The Morgan fingerprint density at radius 1 is 1.04 bits per heavy atom. The van der Waals surface area contributed by atoms with E-state index in [0.717, 1.165) is 18.2 Å². The molecule has 0 radical (unpaired) electrons. The monoisotopic (exact) mass is 395 g/mol. The summed E-state index contributed by atoms with van der Waals surface area (Å²) < 4.78 is 34.3. The fourth-order valence-electron chi connectivity index (χ4n) is 2.10. The van der Waals surface area contributed by atoms with Crippen molar-refractivity contribution in [3.63, 3.8) is 0 Å². The number of hydrogen-bond acceptors (Lipinski definition) is 6. The van der Waals surface area contributed by atoms with Gasteiger partial charge in [0.2, 0.25) is 0 Å². The van der Waals surface area contributed by atoms with Crippen LogP contribution in [0, 0.1) is 10.1 Å². The highest BCUT2D eigenvalue weighted by atomic mass is 19.3. The highest BCUT2D eigenvalue weighted by Crippen LogP contribution is 2.29. The summed E-state index contributed by atoms with van der Waals surface area (Å²) in [5.41, 5.74) is 4.21. The van der Waals surface area contributed by atoms with Crippen LogP contribution in [0.3, 0.4) is 0 Å². The largest absolute Gasteiger partial charge is 0.490 e. The van der Waals surface area contributed by atoms with Crippen LogP contribution in [0.1, 0.15) is 27.6 Å². The highest BCUT2D eigenvalue weighted by molar-refractivity contribution is 5.99. The number of ether oxygens (including phenoxy) is 2. The molecule has 0 aliphatic carbocycles. The maximum Gasteiger partial charge on any atom is 0.387 e. The number of hydrazine groups is 1. The van der Waals surface area contributed by atoms with E-state index >= 15 is 0 Å². The number of nitro groups is 1. The second kappa shape index (κ2) is 9.26. The maximum atomic E-state index is 12.4. The number of carbonyl (C=O) groups is 2. The molecule has 2 aromatic carbocycles. The first kappa shape index (κ1) is 20.6. The molecule has 28 heavy (non-hydrogen) atoms. The Kier molecular flexibility index (Phi) is 6.79. The van der Waals surface area contributed by atoms with Gasteiger partial charge in [-0.25, -0.2) is 0 Å². The normalized spacial score (nSPS) is 10.3. The molecule has 11 heteroatoms. The number of alkyl halides is 2. The number of benzene rings is 2. The third kappa shape index (κ3) is 5.37. The summed E-state index contributed by atoms with van der Waals surface area (Å²) in [6.45, 7) is -1.27. The van der Waals surface area contributed by atoms with E-state index < -0.39 is 23.3 Å². The molecule has 2 amide bonds. The molecule has 2 rings (SSSR count). The molecule has 148 valence electrons. The van der Waals surface area contributed by atoms with E-state index in [2.05, 4.69) is 15.6 Å². The Balaban J connectivity index is 2.04. The molecule has 2 aromatic rings. The SMILES string of the molecule is CCOc1cc(C(=O)NNC(=O)c2ccc([N+](=O)[O-])cc2)ccc1OC(F)F. The van der Waals surface area contributed by atoms with E-state index in [1.165, 1.54) is 24.3 Å². The summed E-state index contributed by atoms with van der Waals surface area (Å²) in [5.74, 6) is -1.73. The maximum absolute atomic E-state index is 12.4. The van der Waals surface area contributed by atoms with E-state index in [1.54, 1.807) is 6.92 Å². The third-order valence-corrected chi connectivity index (χ3v) is 3.35. The van der Waals surface area contributed by atoms with Gasteiger partial charge in [0.1, 0.15) is 0 Å². The zero-order chi connectivity index (χ0) is 20.7. The van der Waals surface area contributed by atoms with Crippen molar-refractivity contribution in [3.8, 4) is 11.5 Å². The van der Waals surface area contributed by atoms with Gasteiger partial charge in [-0.1, -0.05) is 0 Å². The fraction of sp³-hybridized carbons (Fsp3) is 0.176. The summed E-state index contributed by atoms with van der Waals surface area (Å²) in [4.78, 5) is 34.1. The van der Waals surface area contributed by atoms with Gasteiger partial charge in [0.05, 0.1) is 11.5 Å². The predicted molar refractivity (Wildman–Crippen MR) is 92.3 cm³/mol. The van der Waals surface area contributed by atoms with Gasteiger partial charge in [-0.15, -0.1) is 0 Å². The van der Waals surface area contributed by atoms with Crippen molar-refractivity contribution in [3.05, 3.63) is 63.7 Å². The Hall–Kier alpha value is -3.76. The molecule has 0 aliphatic heterocycles. The summed E-state index contributed by atoms with van der Waals surface area (Å²) >= 11 is 0. The molecule has 0 saturated carbocycles. The molecule has 0 spiro atoms. The van der Waals surface area contributed by atoms with Crippen LogP contribution in [0.2, 0.25) is 0 Å². The van der Waals surface area contributed by atoms with Crippen molar-refractivity contribution in [1.29, 1.82) is 0 Å². The van der Waals surface area contributed by atoms with E-state index in [0.29, 0.717) is 0 Å². The van der Waals surface area contributed by atoms with Gasteiger partial charge >= 0.3 is 6.61 Å². The fourth-order valence-corrected chi connectivity index (χ4v) is 2.10. The van der Waals surface area contributed by atoms with Crippen molar-refractivity contribution in [2.45, 2.75) is 13.5 Å². The number of rotatable bonds is 7. The first-order valence-corrected chi connectivity index (χ1v) is 7.88. The molecular formula is C17H15F2N3O6. The standard InChI is InChI=1S/C17H15F2N3O6/c1-2-27-14-9-11(5-8-13(14)28-17(18)19)16(24)21-20-15(23)10-3-6-12(7-4-10)22(25)26/h3-9,17H,2H2,1H3,(H,20,23)(H,21,24). The third-order valence-electron chi connectivity index (χ3n) is 3.35. The van der Waals surface area contributed by atoms with Crippen LogP contribution in [0.5, 0.6) is 11.5 Å². The molecule has 0 aromatic heterocycles. The first-order chi connectivity index (χ1) is 13.3. The van der Waals surface area contributed by atoms with Gasteiger partial charge in [0.25, 0.3) is 17.5 Å². The van der Waals surface area contributed by atoms with Crippen LogP contribution in [-0.4, -0.2) is 30.0 Å². The average molecular weight is 395 g/mol. The minimum atomic E-state index is -3.06. The summed E-state index contributed by atoms with van der Waals surface area (Å²) in [5, 5.41) is 10.6. The van der Waals surface area contributed by atoms with Gasteiger partial charge in [-0.05, 0) is 37.3 Å². The van der Waals surface area contributed by atoms with Gasteiger partial charge in [-0.3, -0.25) is 30.6 Å². The molecule has 0 bridgehead atoms. The lowest BCUT2D eigenvalue weighted by molar-refractivity contribution is -0.384. The molecule has 0 heterocycles. The van der Waals surface area contributed by atoms with Crippen molar-refractivity contribution >= 4 is 17.5 Å². The number of nitrogens with zero attached hydrogens (tertiary/aromatic N) is 1. The van der Waals surface area contributed by atoms with Crippen LogP contribution in [0.25, 0.3) is 0 Å². The van der Waals surface area contributed by atoms with Crippen molar-refractivity contribution < 1.29 is 32.8 Å². The number of nitro benzene ring substituents is 1. The van der Waals surface area contributed by atoms with E-state index in [9.17, 15) is 28.5 Å². The topological polar surface area (TPSA) is 120 Å². The number of hydrogen-bond donors (Lipinski definition) is 2. The Bertz CT molecular complexity index is 874. The molecule has 2 N–H and O–H groups in total. The molecular weight excluding hydrogens is 380 g/mol. The second-order valence-electron chi connectivity index (χ2n) is 5.19. The second-order valence-corrected chi connectivity index (χ2v) is 5.19. The van der Waals surface area contributed by atoms with E-state index in [1.807, 2.05) is 0 Å². The quantitative estimate of drug-likeness (QED) is 0.549. The highest BCUT2D eigenvalue weighted by Gasteiger charge is 2.16. The molecule has 0 saturated heterocycles. The Morgan fingerprint density at radius 2 is 1.61 bits per heavy atom.